The zero-order valence-electron chi connectivity index (χ0n) is 16.9. The molecule has 148 valence electrons. The van der Waals surface area contributed by atoms with E-state index in [1.165, 1.54) is 22.2 Å². The summed E-state index contributed by atoms with van der Waals surface area (Å²) in [6.45, 7) is 7.01. The van der Waals surface area contributed by atoms with Crippen LogP contribution in [0, 0.1) is 6.92 Å². The zero-order valence-corrected chi connectivity index (χ0v) is 17.7. The number of likely N-dealkylation sites (N-methyl/N-ethyl adjacent to an activating group) is 1. The van der Waals surface area contributed by atoms with E-state index < -0.39 is 0 Å². The number of benzene rings is 1. The number of pyridine rings is 1. The smallest absolute Gasteiger partial charge is 0.170 e. The van der Waals surface area contributed by atoms with Crippen LogP contribution in [-0.4, -0.2) is 46.7 Å². The highest BCUT2D eigenvalue weighted by Gasteiger charge is 2.13. The van der Waals surface area contributed by atoms with E-state index in [0.717, 1.165) is 43.7 Å². The fourth-order valence-electron chi connectivity index (χ4n) is 3.61. The Morgan fingerprint density at radius 3 is 2.54 bits per heavy atom. The minimum atomic E-state index is 0.409. The summed E-state index contributed by atoms with van der Waals surface area (Å²) in [5.41, 5.74) is 12.0. The Bertz CT molecular complexity index is 935. The number of nitrogens with two attached hydrogens (primary N) is 1. The van der Waals surface area contributed by atoms with Gasteiger partial charge in [0.15, 0.2) is 5.11 Å². The van der Waals surface area contributed by atoms with Crippen molar-refractivity contribution in [3.05, 3.63) is 59.5 Å². The number of H-pyrrole nitrogens is 1. The van der Waals surface area contributed by atoms with Crippen molar-refractivity contribution in [3.63, 3.8) is 0 Å². The number of aromatic amines is 1. The van der Waals surface area contributed by atoms with Crippen molar-refractivity contribution in [2.24, 2.45) is 5.73 Å². The normalized spacial score (nSPS) is 11.3. The molecule has 1 aromatic carbocycles. The summed E-state index contributed by atoms with van der Waals surface area (Å²) >= 11 is 5.20. The van der Waals surface area contributed by atoms with Crippen LogP contribution in [0.15, 0.2) is 42.7 Å². The van der Waals surface area contributed by atoms with Crippen LogP contribution in [0.25, 0.3) is 10.9 Å². The molecule has 0 aliphatic carbocycles. The van der Waals surface area contributed by atoms with Gasteiger partial charge in [-0.25, -0.2) is 0 Å². The zero-order chi connectivity index (χ0) is 20.1. The molecule has 3 rings (SSSR count). The lowest BCUT2D eigenvalue weighted by Crippen LogP contribution is -2.35. The lowest BCUT2D eigenvalue weighted by Gasteiger charge is -2.21. The first kappa shape index (κ1) is 20.3. The molecule has 0 unspecified atom stereocenters. The molecule has 6 heteroatoms. The first-order valence-corrected chi connectivity index (χ1v) is 10.2. The lowest BCUT2D eigenvalue weighted by molar-refractivity contribution is 0.343. The van der Waals surface area contributed by atoms with Crippen molar-refractivity contribution in [3.8, 4) is 0 Å². The number of nitrogens with one attached hydrogen (secondary N) is 1. The summed E-state index contributed by atoms with van der Waals surface area (Å²) in [6, 6.07) is 10.6. The number of nitrogens with zero attached hydrogens (tertiary/aromatic N) is 3. The van der Waals surface area contributed by atoms with Crippen molar-refractivity contribution in [1.29, 1.82) is 0 Å². The van der Waals surface area contributed by atoms with Gasteiger partial charge in [-0.2, -0.15) is 0 Å². The third-order valence-corrected chi connectivity index (χ3v) is 5.49. The third kappa shape index (κ3) is 4.69. The van der Waals surface area contributed by atoms with E-state index in [0.29, 0.717) is 5.11 Å². The Labute approximate surface area is 172 Å². The molecule has 5 nitrogen and oxygen atoms in total. The molecule has 0 bridgehead atoms. The van der Waals surface area contributed by atoms with Gasteiger partial charge in [0, 0.05) is 54.3 Å². The van der Waals surface area contributed by atoms with Crippen LogP contribution >= 0.6 is 12.2 Å². The van der Waals surface area contributed by atoms with Gasteiger partial charge in [0.2, 0.25) is 0 Å². The Kier molecular flexibility index (Phi) is 6.65. The molecule has 0 aliphatic heterocycles. The van der Waals surface area contributed by atoms with E-state index in [-0.39, 0.29) is 0 Å². The fourth-order valence-corrected chi connectivity index (χ4v) is 3.84. The molecule has 28 heavy (non-hydrogen) atoms. The minimum absolute atomic E-state index is 0.409. The maximum absolute atomic E-state index is 5.89. The van der Waals surface area contributed by atoms with Crippen LogP contribution in [0.4, 0.5) is 5.69 Å². The molecule has 0 radical (unpaired) electrons. The van der Waals surface area contributed by atoms with E-state index in [9.17, 15) is 0 Å². The second-order valence-corrected chi connectivity index (χ2v) is 7.62. The average molecular weight is 396 g/mol. The van der Waals surface area contributed by atoms with Gasteiger partial charge in [-0.15, -0.1) is 0 Å². The minimum Gasteiger partial charge on any atom is -0.376 e. The van der Waals surface area contributed by atoms with Crippen LogP contribution < -0.4 is 10.6 Å². The molecule has 3 N–H and O–H groups in total. The Hall–Kier alpha value is -2.44. The summed E-state index contributed by atoms with van der Waals surface area (Å²) < 4.78 is 0. The summed E-state index contributed by atoms with van der Waals surface area (Å²) in [7, 11) is 2.18. The topological polar surface area (TPSA) is 61.2 Å². The fraction of sp³-hybridized carbons (Fsp3) is 0.364. The molecule has 0 atom stereocenters. The van der Waals surface area contributed by atoms with Crippen LogP contribution in [-0.2, 0) is 12.8 Å². The molecule has 3 aromatic rings. The van der Waals surface area contributed by atoms with Gasteiger partial charge in [-0.05, 0) is 87.4 Å². The molecule has 0 aliphatic rings. The summed E-state index contributed by atoms with van der Waals surface area (Å²) in [6.07, 6.45) is 5.75. The number of hydrogen-bond donors (Lipinski definition) is 2. The van der Waals surface area contributed by atoms with E-state index in [4.69, 9.17) is 18.0 Å². The van der Waals surface area contributed by atoms with Gasteiger partial charge < -0.3 is 20.5 Å². The monoisotopic (exact) mass is 395 g/mol. The van der Waals surface area contributed by atoms with Crippen molar-refractivity contribution < 1.29 is 0 Å². The van der Waals surface area contributed by atoms with Crippen molar-refractivity contribution >= 4 is 33.9 Å². The van der Waals surface area contributed by atoms with Crippen LogP contribution in [0.2, 0.25) is 0 Å². The number of rotatable bonds is 8. The molecule has 0 fully saturated rings. The maximum Gasteiger partial charge on any atom is 0.170 e. The number of fused-ring (bicyclic) bond motifs is 1. The van der Waals surface area contributed by atoms with E-state index >= 15 is 0 Å². The quantitative estimate of drug-likeness (QED) is 0.570. The first-order valence-electron chi connectivity index (χ1n) is 9.75. The Balaban J connectivity index is 1.71. The van der Waals surface area contributed by atoms with Crippen molar-refractivity contribution in [2.45, 2.75) is 26.7 Å². The largest absolute Gasteiger partial charge is 0.376 e. The van der Waals surface area contributed by atoms with E-state index in [1.54, 1.807) is 0 Å². The Morgan fingerprint density at radius 2 is 1.86 bits per heavy atom. The van der Waals surface area contributed by atoms with Crippen LogP contribution in [0.1, 0.15) is 23.7 Å². The predicted molar refractivity (Wildman–Crippen MR) is 122 cm³/mol. The summed E-state index contributed by atoms with van der Waals surface area (Å²) in [5, 5.41) is 1.67. The second kappa shape index (κ2) is 9.17. The average Bonchev–Trinajstić information content (AvgIpc) is 3.00. The van der Waals surface area contributed by atoms with Crippen molar-refractivity contribution in [2.75, 3.05) is 31.6 Å². The van der Waals surface area contributed by atoms with Gasteiger partial charge in [0.1, 0.15) is 0 Å². The van der Waals surface area contributed by atoms with Gasteiger partial charge in [0.25, 0.3) is 0 Å². The lowest BCUT2D eigenvalue weighted by atomic mass is 10.1. The number of aryl methyl sites for hydroxylation is 1. The molecule has 0 spiro atoms. The number of aromatic nitrogens is 2. The second-order valence-electron chi connectivity index (χ2n) is 7.20. The third-order valence-electron chi connectivity index (χ3n) is 5.27. The van der Waals surface area contributed by atoms with Gasteiger partial charge in [0.05, 0.1) is 0 Å². The molecule has 2 aromatic heterocycles. The van der Waals surface area contributed by atoms with E-state index in [2.05, 4.69) is 66.1 Å². The molecule has 0 saturated carbocycles. The van der Waals surface area contributed by atoms with Gasteiger partial charge in [-0.3, -0.25) is 4.98 Å². The highest BCUT2D eigenvalue weighted by molar-refractivity contribution is 7.80. The molecule has 0 amide bonds. The maximum atomic E-state index is 5.89. The molecule has 2 heterocycles. The number of hydrogen-bond acceptors (Lipinski definition) is 3. The highest BCUT2D eigenvalue weighted by Crippen LogP contribution is 2.27. The first-order chi connectivity index (χ1) is 13.5. The SMILES string of the molecule is CCN(C(N)=S)c1ccc2[nH]c(C)c(CCN(C)CCc3ccncc3)c2c1. The van der Waals surface area contributed by atoms with Crippen LogP contribution in [0.5, 0.6) is 0 Å². The van der Waals surface area contributed by atoms with E-state index in [1.807, 2.05) is 17.3 Å². The highest BCUT2D eigenvalue weighted by atomic mass is 32.1. The van der Waals surface area contributed by atoms with Gasteiger partial charge >= 0.3 is 0 Å². The summed E-state index contributed by atoms with van der Waals surface area (Å²) in [4.78, 5) is 11.9. The number of thiocarbonyl (C=S) groups is 1. The molecular weight excluding hydrogens is 366 g/mol. The Morgan fingerprint density at radius 1 is 1.14 bits per heavy atom. The number of anilines is 1. The van der Waals surface area contributed by atoms with Crippen LogP contribution in [0.3, 0.4) is 0 Å². The van der Waals surface area contributed by atoms with Crippen molar-refractivity contribution in [1.82, 2.24) is 14.9 Å². The molecule has 0 saturated heterocycles. The molecular formula is C22H29N5S. The standard InChI is InChI=1S/C22H29N5S/c1-4-27(22(23)28)18-5-6-21-20(15-18)19(16(2)25-21)10-14-26(3)13-9-17-7-11-24-12-8-17/h5-8,11-12,15,25H,4,9-10,13-14H2,1-3H3,(H2,23,28). The predicted octanol–water partition coefficient (Wildman–Crippen LogP) is 3.66. The van der Waals surface area contributed by atoms with Gasteiger partial charge in [-0.1, -0.05) is 0 Å². The summed E-state index contributed by atoms with van der Waals surface area (Å²) in [5.74, 6) is 0.